The summed E-state index contributed by atoms with van der Waals surface area (Å²) in [6, 6.07) is 7.19. The molecule has 5 rings (SSSR count). The highest BCUT2D eigenvalue weighted by atomic mass is 16.3. The maximum absolute atomic E-state index is 12.4. The number of para-hydroxylation sites is 1. The average molecular weight is 407 g/mol. The zero-order valence-corrected chi connectivity index (χ0v) is 16.1. The molecule has 3 aromatic heterocycles. The molecule has 0 unspecified atom stereocenters. The van der Waals surface area contributed by atoms with Crippen molar-refractivity contribution in [1.29, 1.82) is 0 Å². The summed E-state index contributed by atoms with van der Waals surface area (Å²) < 4.78 is 3.26. The van der Waals surface area contributed by atoms with Crippen LogP contribution in [0.2, 0.25) is 0 Å². The lowest BCUT2D eigenvalue weighted by Crippen LogP contribution is -2.42. The van der Waals surface area contributed by atoms with Crippen LogP contribution in [0.4, 0.5) is 5.95 Å². The summed E-state index contributed by atoms with van der Waals surface area (Å²) in [5.74, 6) is 0.839. The number of hydrogen-bond acceptors (Lipinski definition) is 8. The van der Waals surface area contributed by atoms with E-state index in [1.807, 2.05) is 24.3 Å². The number of benzene rings is 1. The summed E-state index contributed by atoms with van der Waals surface area (Å²) in [6.45, 7) is 2.18. The van der Waals surface area contributed by atoms with Gasteiger partial charge >= 0.3 is 0 Å². The molecule has 4 N–H and O–H groups in total. The fraction of sp³-hybridized carbons (Fsp3) is 0.316. The highest BCUT2D eigenvalue weighted by molar-refractivity contribution is 5.93. The molecule has 11 nitrogen and oxygen atoms in total. The van der Waals surface area contributed by atoms with Gasteiger partial charge in [-0.25, -0.2) is 9.97 Å². The van der Waals surface area contributed by atoms with Crippen molar-refractivity contribution in [3.05, 3.63) is 36.7 Å². The molecular formula is C19H21N9O2. The summed E-state index contributed by atoms with van der Waals surface area (Å²) in [5, 5.41) is 28.2. The van der Waals surface area contributed by atoms with Gasteiger partial charge in [0.25, 0.3) is 0 Å². The van der Waals surface area contributed by atoms with E-state index in [9.17, 15) is 4.79 Å². The first-order chi connectivity index (χ1) is 14.7. The van der Waals surface area contributed by atoms with Gasteiger partial charge in [0.1, 0.15) is 6.04 Å². The third kappa shape index (κ3) is 3.33. The average Bonchev–Trinajstić information content (AvgIpc) is 3.35. The molecule has 1 saturated heterocycles. The Balaban J connectivity index is 1.61. The Hall–Kier alpha value is -3.57. The number of carbonyl (C=O) groups is 1. The van der Waals surface area contributed by atoms with Crippen molar-refractivity contribution in [3.8, 4) is 11.4 Å². The molecule has 1 fully saturated rings. The molecule has 30 heavy (non-hydrogen) atoms. The van der Waals surface area contributed by atoms with Crippen LogP contribution in [0.5, 0.6) is 0 Å². The SMILES string of the molecule is O=C1NCCNC[C@H]1Nc1nc2ccccc2c2nc(-c3cnn(CCO)c3)nn12. The molecule has 11 heteroatoms. The zero-order valence-electron chi connectivity index (χ0n) is 16.1. The molecule has 154 valence electrons. The van der Waals surface area contributed by atoms with Crippen LogP contribution in [-0.2, 0) is 11.3 Å². The van der Waals surface area contributed by atoms with Crippen LogP contribution in [-0.4, -0.2) is 72.7 Å². The van der Waals surface area contributed by atoms with Crippen molar-refractivity contribution in [3.63, 3.8) is 0 Å². The van der Waals surface area contributed by atoms with Crippen molar-refractivity contribution in [1.82, 2.24) is 40.0 Å². The van der Waals surface area contributed by atoms with Crippen LogP contribution in [0.25, 0.3) is 27.9 Å². The Morgan fingerprint density at radius 1 is 1.23 bits per heavy atom. The number of aliphatic hydroxyl groups is 1. The highest BCUT2D eigenvalue weighted by Crippen LogP contribution is 2.24. The number of amides is 1. The number of rotatable bonds is 5. The third-order valence-corrected chi connectivity index (χ3v) is 4.97. The molecule has 1 amide bonds. The Bertz CT molecular complexity index is 1220. The van der Waals surface area contributed by atoms with E-state index in [2.05, 4.69) is 26.1 Å². The van der Waals surface area contributed by atoms with E-state index in [0.29, 0.717) is 37.1 Å². The lowest BCUT2D eigenvalue weighted by molar-refractivity contribution is -0.121. The number of hydrogen-bond donors (Lipinski definition) is 4. The fourth-order valence-corrected chi connectivity index (χ4v) is 3.48. The summed E-state index contributed by atoms with van der Waals surface area (Å²) in [4.78, 5) is 21.8. The van der Waals surface area contributed by atoms with E-state index < -0.39 is 6.04 Å². The molecule has 0 saturated carbocycles. The normalized spacial score (nSPS) is 17.2. The van der Waals surface area contributed by atoms with E-state index in [0.717, 1.165) is 23.0 Å². The molecule has 1 aromatic carbocycles. The topological polar surface area (TPSA) is 134 Å². The summed E-state index contributed by atoms with van der Waals surface area (Å²) in [6.07, 6.45) is 3.45. The summed E-state index contributed by atoms with van der Waals surface area (Å²) in [7, 11) is 0. The maximum Gasteiger partial charge on any atom is 0.243 e. The molecule has 0 spiro atoms. The zero-order chi connectivity index (χ0) is 20.5. The fourth-order valence-electron chi connectivity index (χ4n) is 3.48. The largest absolute Gasteiger partial charge is 0.394 e. The Kier molecular flexibility index (Phi) is 4.73. The number of aliphatic hydroxyl groups excluding tert-OH is 1. The molecule has 4 heterocycles. The second kappa shape index (κ2) is 7.69. The monoisotopic (exact) mass is 407 g/mol. The molecule has 0 radical (unpaired) electrons. The van der Waals surface area contributed by atoms with Crippen LogP contribution in [0, 0.1) is 0 Å². The predicted molar refractivity (Wildman–Crippen MR) is 110 cm³/mol. The first-order valence-electron chi connectivity index (χ1n) is 9.77. The number of carbonyl (C=O) groups excluding carboxylic acids is 1. The Labute approximate surface area is 171 Å². The van der Waals surface area contributed by atoms with Crippen molar-refractivity contribution in [2.75, 3.05) is 31.6 Å². The summed E-state index contributed by atoms with van der Waals surface area (Å²) in [5.41, 5.74) is 2.12. The maximum atomic E-state index is 12.4. The van der Waals surface area contributed by atoms with Crippen LogP contribution in [0.15, 0.2) is 36.7 Å². The lowest BCUT2D eigenvalue weighted by Gasteiger charge is -2.16. The minimum Gasteiger partial charge on any atom is -0.394 e. The van der Waals surface area contributed by atoms with E-state index in [-0.39, 0.29) is 12.5 Å². The van der Waals surface area contributed by atoms with Crippen molar-refractivity contribution in [2.45, 2.75) is 12.6 Å². The van der Waals surface area contributed by atoms with Gasteiger partial charge in [0.05, 0.1) is 30.4 Å². The summed E-state index contributed by atoms with van der Waals surface area (Å²) >= 11 is 0. The quantitative estimate of drug-likeness (QED) is 0.352. The number of nitrogens with one attached hydrogen (secondary N) is 3. The Morgan fingerprint density at radius 3 is 3.03 bits per heavy atom. The first-order valence-corrected chi connectivity index (χ1v) is 9.77. The van der Waals surface area contributed by atoms with Gasteiger partial charge in [0.15, 0.2) is 11.5 Å². The van der Waals surface area contributed by atoms with Gasteiger partial charge in [-0.15, -0.1) is 5.10 Å². The van der Waals surface area contributed by atoms with Gasteiger partial charge in [-0.2, -0.15) is 9.61 Å². The van der Waals surface area contributed by atoms with Crippen molar-refractivity contribution in [2.24, 2.45) is 0 Å². The van der Waals surface area contributed by atoms with E-state index in [1.54, 1.807) is 21.6 Å². The van der Waals surface area contributed by atoms with Crippen LogP contribution >= 0.6 is 0 Å². The molecule has 0 aliphatic carbocycles. The highest BCUT2D eigenvalue weighted by Gasteiger charge is 2.23. The number of fused-ring (bicyclic) bond motifs is 3. The number of aromatic nitrogens is 6. The first kappa shape index (κ1) is 18.5. The van der Waals surface area contributed by atoms with Crippen LogP contribution in [0.3, 0.4) is 0 Å². The smallest absolute Gasteiger partial charge is 0.243 e. The lowest BCUT2D eigenvalue weighted by atomic mass is 10.2. The molecule has 0 bridgehead atoms. The van der Waals surface area contributed by atoms with Gasteiger partial charge < -0.3 is 21.1 Å². The van der Waals surface area contributed by atoms with Gasteiger partial charge in [-0.05, 0) is 12.1 Å². The second-order valence-electron chi connectivity index (χ2n) is 7.03. The standard InChI is InChI=1S/C19H21N9O2/c29-8-7-27-11-12(9-22-27)16-25-17-13-3-1-2-4-14(13)23-19(28(17)26-16)24-15-10-20-5-6-21-18(15)30/h1-4,9,11,15,20,29H,5-8,10H2,(H,21,30)(H,23,24)/t15-/m1/s1. The predicted octanol–water partition coefficient (Wildman–Crippen LogP) is -0.367. The second-order valence-corrected chi connectivity index (χ2v) is 7.03. The molecule has 1 atom stereocenters. The minimum atomic E-state index is -0.482. The number of nitrogens with zero attached hydrogens (tertiary/aromatic N) is 6. The van der Waals surface area contributed by atoms with E-state index in [4.69, 9.17) is 15.1 Å². The molecule has 4 aromatic rings. The number of anilines is 1. The van der Waals surface area contributed by atoms with Crippen LogP contribution in [0.1, 0.15) is 0 Å². The van der Waals surface area contributed by atoms with Crippen molar-refractivity contribution < 1.29 is 9.90 Å². The minimum absolute atomic E-state index is 0.000170. The van der Waals surface area contributed by atoms with Gasteiger partial charge in [0.2, 0.25) is 11.9 Å². The van der Waals surface area contributed by atoms with Gasteiger partial charge in [-0.1, -0.05) is 12.1 Å². The third-order valence-electron chi connectivity index (χ3n) is 4.97. The molecule has 1 aliphatic heterocycles. The van der Waals surface area contributed by atoms with Gasteiger partial charge in [-0.3, -0.25) is 9.48 Å². The van der Waals surface area contributed by atoms with Gasteiger partial charge in [0, 0.05) is 31.2 Å². The molecule has 1 aliphatic rings. The van der Waals surface area contributed by atoms with E-state index in [1.165, 1.54) is 0 Å². The molecular weight excluding hydrogens is 386 g/mol. The Morgan fingerprint density at radius 2 is 2.13 bits per heavy atom. The van der Waals surface area contributed by atoms with Crippen molar-refractivity contribution >= 4 is 28.4 Å². The van der Waals surface area contributed by atoms with E-state index >= 15 is 0 Å². The van der Waals surface area contributed by atoms with Crippen LogP contribution < -0.4 is 16.0 Å².